The van der Waals surface area contributed by atoms with Crippen LogP contribution in [0.1, 0.15) is 56.1 Å². The van der Waals surface area contributed by atoms with E-state index in [9.17, 15) is 0 Å². The summed E-state index contributed by atoms with van der Waals surface area (Å²) in [6.07, 6.45) is 7.01. The van der Waals surface area contributed by atoms with Gasteiger partial charge in [-0.25, -0.2) is 0 Å². The Kier molecular flexibility index (Phi) is 5.87. The van der Waals surface area contributed by atoms with E-state index in [1.807, 2.05) is 0 Å². The maximum Gasteiger partial charge on any atom is 0.0480 e. The average Bonchev–Trinajstić information content (AvgIpc) is 2.44. The van der Waals surface area contributed by atoms with E-state index in [1.165, 1.54) is 24.8 Å². The molecule has 106 valence electrons. The molecule has 0 heterocycles. The van der Waals surface area contributed by atoms with Gasteiger partial charge in [-0.05, 0) is 55.6 Å². The fraction of sp³-hybridized carbons (Fsp3) is 0.647. The van der Waals surface area contributed by atoms with Gasteiger partial charge in [-0.2, -0.15) is 0 Å². The molecule has 2 N–H and O–H groups in total. The minimum Gasteiger partial charge on any atom is -0.381 e. The molecule has 0 bridgehead atoms. The minimum absolute atomic E-state index is 0.271. The Morgan fingerprint density at radius 3 is 3.00 bits per heavy atom. The lowest BCUT2D eigenvalue weighted by molar-refractivity contribution is 0.126. The monoisotopic (exact) mass is 261 g/mol. The first-order chi connectivity index (χ1) is 9.31. The smallest absolute Gasteiger partial charge is 0.0480 e. The van der Waals surface area contributed by atoms with Crippen molar-refractivity contribution in [3.63, 3.8) is 0 Å². The quantitative estimate of drug-likeness (QED) is 0.761. The predicted molar refractivity (Wildman–Crippen MR) is 80.4 cm³/mol. The van der Waals surface area contributed by atoms with Crippen LogP contribution in [0.2, 0.25) is 0 Å². The van der Waals surface area contributed by atoms with Crippen LogP contribution in [-0.4, -0.2) is 19.3 Å². The van der Waals surface area contributed by atoms with Gasteiger partial charge in [0, 0.05) is 19.3 Å². The maximum absolute atomic E-state index is 6.26. The Bertz CT molecular complexity index is 377. The zero-order valence-corrected chi connectivity index (χ0v) is 12.1. The second kappa shape index (κ2) is 7.66. The number of benzene rings is 1. The summed E-state index contributed by atoms with van der Waals surface area (Å²) in [4.78, 5) is 0. The van der Waals surface area contributed by atoms with Gasteiger partial charge in [-0.1, -0.05) is 31.2 Å². The van der Waals surface area contributed by atoms with E-state index in [0.717, 1.165) is 32.5 Å². The van der Waals surface area contributed by atoms with Gasteiger partial charge in [0.2, 0.25) is 0 Å². The summed E-state index contributed by atoms with van der Waals surface area (Å²) in [7, 11) is 0. The molecule has 0 saturated carbocycles. The molecular weight excluding hydrogens is 234 g/mol. The first kappa shape index (κ1) is 14.5. The largest absolute Gasteiger partial charge is 0.381 e. The van der Waals surface area contributed by atoms with Gasteiger partial charge in [-0.3, -0.25) is 0 Å². The Labute approximate surface area is 117 Å². The second-order valence-electron chi connectivity index (χ2n) is 5.68. The third kappa shape index (κ3) is 4.32. The zero-order valence-electron chi connectivity index (χ0n) is 12.1. The minimum atomic E-state index is 0.271. The normalized spacial score (nSPS) is 20.0. The van der Waals surface area contributed by atoms with Gasteiger partial charge in [-0.15, -0.1) is 0 Å². The Morgan fingerprint density at radius 1 is 1.32 bits per heavy atom. The van der Waals surface area contributed by atoms with Gasteiger partial charge >= 0.3 is 0 Å². The number of fused-ring (bicyclic) bond motifs is 1. The second-order valence-corrected chi connectivity index (χ2v) is 5.68. The molecule has 1 aromatic rings. The molecule has 0 spiro atoms. The van der Waals surface area contributed by atoms with Gasteiger partial charge in [0.1, 0.15) is 0 Å². The van der Waals surface area contributed by atoms with Gasteiger partial charge < -0.3 is 10.5 Å². The van der Waals surface area contributed by atoms with Gasteiger partial charge in [0.25, 0.3) is 0 Å². The molecule has 2 heteroatoms. The molecule has 0 amide bonds. The van der Waals surface area contributed by atoms with Crippen LogP contribution in [0.4, 0.5) is 0 Å². The van der Waals surface area contributed by atoms with E-state index in [2.05, 4.69) is 31.2 Å². The molecule has 0 radical (unpaired) electrons. The molecule has 19 heavy (non-hydrogen) atoms. The summed E-state index contributed by atoms with van der Waals surface area (Å²) in [6.45, 7) is 3.81. The van der Waals surface area contributed by atoms with Crippen LogP contribution in [0.5, 0.6) is 0 Å². The van der Waals surface area contributed by atoms with Crippen molar-refractivity contribution in [2.45, 2.75) is 57.4 Å². The van der Waals surface area contributed by atoms with Crippen molar-refractivity contribution < 1.29 is 4.74 Å². The van der Waals surface area contributed by atoms with Crippen LogP contribution in [0, 0.1) is 0 Å². The molecule has 0 fully saturated rings. The summed E-state index contributed by atoms with van der Waals surface area (Å²) < 4.78 is 5.53. The van der Waals surface area contributed by atoms with Crippen molar-refractivity contribution in [1.29, 1.82) is 0 Å². The molecule has 2 nitrogen and oxygen atoms in total. The first-order valence-corrected chi connectivity index (χ1v) is 7.72. The highest BCUT2D eigenvalue weighted by molar-refractivity contribution is 5.32. The van der Waals surface area contributed by atoms with Crippen LogP contribution in [0.15, 0.2) is 24.3 Å². The van der Waals surface area contributed by atoms with Crippen LogP contribution >= 0.6 is 0 Å². The van der Waals surface area contributed by atoms with Crippen LogP contribution in [0.25, 0.3) is 0 Å². The van der Waals surface area contributed by atoms with Crippen molar-refractivity contribution in [3.8, 4) is 0 Å². The summed E-state index contributed by atoms with van der Waals surface area (Å²) in [5, 5.41) is 0. The molecule has 2 rings (SSSR count). The van der Waals surface area contributed by atoms with Crippen molar-refractivity contribution in [2.75, 3.05) is 13.2 Å². The lowest BCUT2D eigenvalue weighted by Crippen LogP contribution is -2.26. The molecule has 1 aliphatic rings. The van der Waals surface area contributed by atoms with E-state index in [-0.39, 0.29) is 6.04 Å². The molecule has 0 aliphatic heterocycles. The van der Waals surface area contributed by atoms with Crippen LogP contribution < -0.4 is 5.73 Å². The average molecular weight is 261 g/mol. The first-order valence-electron chi connectivity index (χ1n) is 7.72. The van der Waals surface area contributed by atoms with Crippen LogP contribution in [0.3, 0.4) is 0 Å². The van der Waals surface area contributed by atoms with Crippen molar-refractivity contribution in [1.82, 2.24) is 0 Å². The summed E-state index contributed by atoms with van der Waals surface area (Å²) >= 11 is 0. The van der Waals surface area contributed by atoms with Crippen LogP contribution in [-0.2, 0) is 11.2 Å². The highest BCUT2D eigenvalue weighted by Gasteiger charge is 2.21. The molecule has 1 aliphatic carbocycles. The lowest BCUT2D eigenvalue weighted by Gasteiger charge is -2.27. The fourth-order valence-electron chi connectivity index (χ4n) is 3.06. The van der Waals surface area contributed by atoms with E-state index in [0.29, 0.717) is 5.92 Å². The molecular formula is C17H27NO. The number of aryl methyl sites for hydroxylation is 1. The number of ether oxygens (including phenoxy) is 1. The van der Waals surface area contributed by atoms with Gasteiger partial charge in [0.15, 0.2) is 0 Å². The number of hydrogen-bond donors (Lipinski definition) is 1. The lowest BCUT2D eigenvalue weighted by atomic mass is 9.79. The maximum atomic E-state index is 6.26. The van der Waals surface area contributed by atoms with Crippen molar-refractivity contribution in [2.24, 2.45) is 5.73 Å². The topological polar surface area (TPSA) is 35.2 Å². The zero-order chi connectivity index (χ0) is 13.5. The van der Waals surface area contributed by atoms with E-state index < -0.39 is 0 Å². The van der Waals surface area contributed by atoms with Crippen molar-refractivity contribution in [3.05, 3.63) is 35.4 Å². The highest BCUT2D eigenvalue weighted by atomic mass is 16.5. The number of nitrogens with two attached hydrogens (primary N) is 1. The molecule has 1 aromatic carbocycles. The summed E-state index contributed by atoms with van der Waals surface area (Å²) in [6, 6.07) is 9.15. The van der Waals surface area contributed by atoms with E-state index in [1.54, 1.807) is 5.56 Å². The third-order valence-corrected chi connectivity index (χ3v) is 4.06. The molecule has 2 unspecified atom stereocenters. The van der Waals surface area contributed by atoms with E-state index in [4.69, 9.17) is 10.5 Å². The van der Waals surface area contributed by atoms with Gasteiger partial charge in [0.05, 0.1) is 0 Å². The standard InChI is InChI=1S/C17H27NO/c1-2-11-19-12-10-16(18)13-15-8-5-7-14-6-3-4-9-17(14)15/h3-4,6,9,15-16H,2,5,7-8,10-13,18H2,1H3. The molecule has 2 atom stereocenters. The Morgan fingerprint density at radius 2 is 2.16 bits per heavy atom. The number of rotatable bonds is 7. The summed E-state index contributed by atoms with van der Waals surface area (Å²) in [5.41, 5.74) is 9.34. The third-order valence-electron chi connectivity index (χ3n) is 4.06. The fourth-order valence-corrected chi connectivity index (χ4v) is 3.06. The SMILES string of the molecule is CCCOCCC(N)CC1CCCc2ccccc21. The van der Waals surface area contributed by atoms with E-state index >= 15 is 0 Å². The summed E-state index contributed by atoms with van der Waals surface area (Å²) in [5.74, 6) is 0.658. The Balaban J connectivity index is 1.83. The highest BCUT2D eigenvalue weighted by Crippen LogP contribution is 2.34. The Hall–Kier alpha value is -0.860. The van der Waals surface area contributed by atoms with Crippen molar-refractivity contribution >= 4 is 0 Å². The predicted octanol–water partition coefficient (Wildman–Crippen LogP) is 3.64. The number of hydrogen-bond acceptors (Lipinski definition) is 2. The molecule has 0 aromatic heterocycles. The molecule has 0 saturated heterocycles.